The number of halogens is 1. The number of nitrogens with zero attached hydrogens (tertiary/aromatic N) is 2. The molecule has 1 aromatic heterocycles. The molecule has 0 unspecified atom stereocenters. The van der Waals surface area contributed by atoms with Crippen LogP contribution in [0.5, 0.6) is 11.6 Å². The van der Waals surface area contributed by atoms with E-state index in [0.29, 0.717) is 17.3 Å². The van der Waals surface area contributed by atoms with Crippen LogP contribution >= 0.6 is 11.6 Å². The highest BCUT2D eigenvalue weighted by molar-refractivity contribution is 6.29. The number of para-hydroxylation sites is 2. The van der Waals surface area contributed by atoms with Crippen LogP contribution in [-0.2, 0) is 4.79 Å². The Balaban J connectivity index is 2.23. The molecule has 2 rings (SSSR count). The van der Waals surface area contributed by atoms with Crippen LogP contribution in [-0.4, -0.2) is 16.1 Å². The molecule has 1 amide bonds. The minimum absolute atomic E-state index is 0.173. The third-order valence-electron chi connectivity index (χ3n) is 2.02. The van der Waals surface area contributed by atoms with Crippen LogP contribution < -0.4 is 10.1 Å². The Kier molecular flexibility index (Phi) is 3.74. The molecule has 0 bridgehead atoms. The maximum Gasteiger partial charge on any atom is 0.239 e. The number of benzene rings is 1. The van der Waals surface area contributed by atoms with E-state index in [0.717, 1.165) is 0 Å². The maximum absolute atomic E-state index is 11.1. The number of carbonyl (C=O) groups excluding carboxylic acids is 1. The Bertz CT molecular complexity index is 558. The fraction of sp³-hybridized carbons (Fsp3) is 0.0833. The van der Waals surface area contributed by atoms with Gasteiger partial charge in [-0.2, -0.15) is 0 Å². The first-order valence-electron chi connectivity index (χ1n) is 5.19. The zero-order chi connectivity index (χ0) is 13.0. The summed E-state index contributed by atoms with van der Waals surface area (Å²) in [5, 5.41) is 10.4. The van der Waals surface area contributed by atoms with E-state index in [4.69, 9.17) is 16.3 Å². The van der Waals surface area contributed by atoms with Crippen molar-refractivity contribution in [2.45, 2.75) is 6.92 Å². The van der Waals surface area contributed by atoms with Gasteiger partial charge in [-0.25, -0.2) is 0 Å². The van der Waals surface area contributed by atoms with E-state index in [2.05, 4.69) is 15.5 Å². The molecule has 92 valence electrons. The molecule has 0 aliphatic heterocycles. The molecule has 1 N–H and O–H groups in total. The van der Waals surface area contributed by atoms with Crippen LogP contribution in [0.2, 0.25) is 5.15 Å². The van der Waals surface area contributed by atoms with Crippen molar-refractivity contribution in [3.05, 3.63) is 41.6 Å². The van der Waals surface area contributed by atoms with Gasteiger partial charge in [0, 0.05) is 13.0 Å². The fourth-order valence-electron chi connectivity index (χ4n) is 1.32. The molecule has 0 spiro atoms. The van der Waals surface area contributed by atoms with Gasteiger partial charge in [0.15, 0.2) is 10.9 Å². The minimum Gasteiger partial charge on any atom is -0.435 e. The van der Waals surface area contributed by atoms with Gasteiger partial charge in [0.05, 0.1) is 5.69 Å². The van der Waals surface area contributed by atoms with E-state index in [9.17, 15) is 4.79 Å². The molecule has 0 saturated heterocycles. The van der Waals surface area contributed by atoms with Crippen molar-refractivity contribution in [2.75, 3.05) is 5.32 Å². The first-order chi connectivity index (χ1) is 8.65. The van der Waals surface area contributed by atoms with E-state index in [1.165, 1.54) is 6.92 Å². The van der Waals surface area contributed by atoms with Crippen LogP contribution in [0, 0.1) is 0 Å². The molecule has 0 aliphatic rings. The molecule has 0 atom stereocenters. The molecule has 18 heavy (non-hydrogen) atoms. The van der Waals surface area contributed by atoms with Crippen LogP contribution in [0.25, 0.3) is 0 Å². The molecule has 1 aromatic carbocycles. The molecule has 2 aromatic rings. The predicted molar refractivity (Wildman–Crippen MR) is 67.9 cm³/mol. The first kappa shape index (κ1) is 12.3. The second kappa shape index (κ2) is 5.46. The third-order valence-corrected chi connectivity index (χ3v) is 2.22. The summed E-state index contributed by atoms with van der Waals surface area (Å²) in [5.74, 6) is 0.620. The zero-order valence-electron chi connectivity index (χ0n) is 9.55. The van der Waals surface area contributed by atoms with E-state index < -0.39 is 0 Å². The highest BCUT2D eigenvalue weighted by Crippen LogP contribution is 2.28. The molecular weight excluding hydrogens is 254 g/mol. The number of hydrogen-bond donors (Lipinski definition) is 1. The van der Waals surface area contributed by atoms with E-state index in [1.807, 2.05) is 0 Å². The predicted octanol–water partition coefficient (Wildman–Crippen LogP) is 2.88. The first-order valence-corrected chi connectivity index (χ1v) is 5.56. The minimum atomic E-state index is -0.173. The second-order valence-corrected chi connectivity index (χ2v) is 3.86. The van der Waals surface area contributed by atoms with Gasteiger partial charge in [-0.15, -0.1) is 10.2 Å². The van der Waals surface area contributed by atoms with Crippen molar-refractivity contribution in [1.82, 2.24) is 10.2 Å². The lowest BCUT2D eigenvalue weighted by Gasteiger charge is -2.09. The van der Waals surface area contributed by atoms with Crippen LogP contribution in [0.15, 0.2) is 36.4 Å². The highest BCUT2D eigenvalue weighted by Gasteiger charge is 2.06. The Morgan fingerprint density at radius 1 is 1.22 bits per heavy atom. The average molecular weight is 264 g/mol. The monoisotopic (exact) mass is 263 g/mol. The van der Waals surface area contributed by atoms with Gasteiger partial charge in [0.25, 0.3) is 0 Å². The molecular formula is C12H10ClN3O2. The summed E-state index contributed by atoms with van der Waals surface area (Å²) in [5.41, 5.74) is 0.571. The van der Waals surface area contributed by atoms with Gasteiger partial charge < -0.3 is 10.1 Å². The summed E-state index contributed by atoms with van der Waals surface area (Å²) < 4.78 is 5.52. The Morgan fingerprint density at radius 3 is 2.67 bits per heavy atom. The van der Waals surface area contributed by atoms with Crippen molar-refractivity contribution in [2.24, 2.45) is 0 Å². The number of ether oxygens (including phenoxy) is 1. The van der Waals surface area contributed by atoms with Gasteiger partial charge >= 0.3 is 0 Å². The number of amides is 1. The Hall–Kier alpha value is -2.14. The summed E-state index contributed by atoms with van der Waals surface area (Å²) in [7, 11) is 0. The third kappa shape index (κ3) is 3.18. The highest BCUT2D eigenvalue weighted by atomic mass is 35.5. The van der Waals surface area contributed by atoms with Crippen molar-refractivity contribution >= 4 is 23.2 Å². The summed E-state index contributed by atoms with van der Waals surface area (Å²) in [6.07, 6.45) is 0. The molecule has 5 nitrogen and oxygen atoms in total. The van der Waals surface area contributed by atoms with E-state index >= 15 is 0 Å². The molecule has 0 saturated carbocycles. The molecule has 1 heterocycles. The largest absolute Gasteiger partial charge is 0.435 e. The van der Waals surface area contributed by atoms with E-state index in [-0.39, 0.29) is 11.1 Å². The fourth-order valence-corrected chi connectivity index (χ4v) is 1.42. The lowest BCUT2D eigenvalue weighted by molar-refractivity contribution is -0.114. The Morgan fingerprint density at radius 2 is 2.00 bits per heavy atom. The number of nitrogens with one attached hydrogen (secondary N) is 1. The number of anilines is 1. The smallest absolute Gasteiger partial charge is 0.239 e. The molecule has 0 aliphatic carbocycles. The summed E-state index contributed by atoms with van der Waals surface area (Å²) in [6.45, 7) is 1.43. The topological polar surface area (TPSA) is 64.1 Å². The van der Waals surface area contributed by atoms with Gasteiger partial charge in [-0.1, -0.05) is 23.7 Å². The normalized spacial score (nSPS) is 9.89. The lowest BCUT2D eigenvalue weighted by atomic mass is 10.3. The maximum atomic E-state index is 11.1. The van der Waals surface area contributed by atoms with Gasteiger partial charge in [-0.05, 0) is 18.2 Å². The van der Waals surface area contributed by atoms with Crippen molar-refractivity contribution in [3.8, 4) is 11.6 Å². The van der Waals surface area contributed by atoms with Crippen LogP contribution in [0.3, 0.4) is 0 Å². The van der Waals surface area contributed by atoms with Crippen molar-refractivity contribution in [1.29, 1.82) is 0 Å². The number of hydrogen-bond acceptors (Lipinski definition) is 4. The van der Waals surface area contributed by atoms with Crippen molar-refractivity contribution < 1.29 is 9.53 Å². The van der Waals surface area contributed by atoms with Crippen molar-refractivity contribution in [3.63, 3.8) is 0 Å². The second-order valence-electron chi connectivity index (χ2n) is 3.47. The quantitative estimate of drug-likeness (QED) is 0.925. The summed E-state index contributed by atoms with van der Waals surface area (Å²) in [6, 6.07) is 10.2. The lowest BCUT2D eigenvalue weighted by Crippen LogP contribution is -2.06. The van der Waals surface area contributed by atoms with Crippen LogP contribution in [0.1, 0.15) is 6.92 Å². The zero-order valence-corrected chi connectivity index (χ0v) is 10.3. The van der Waals surface area contributed by atoms with Gasteiger partial charge in [0.2, 0.25) is 11.8 Å². The average Bonchev–Trinajstić information content (AvgIpc) is 2.34. The molecule has 6 heteroatoms. The number of rotatable bonds is 3. The van der Waals surface area contributed by atoms with Gasteiger partial charge in [-0.3, -0.25) is 4.79 Å². The summed E-state index contributed by atoms with van der Waals surface area (Å²) in [4.78, 5) is 11.1. The molecule has 0 radical (unpaired) electrons. The van der Waals surface area contributed by atoms with Crippen LogP contribution in [0.4, 0.5) is 5.69 Å². The number of aromatic nitrogens is 2. The number of carbonyl (C=O) groups is 1. The Labute approximate surface area is 109 Å². The van der Waals surface area contributed by atoms with Gasteiger partial charge in [0.1, 0.15) is 0 Å². The standard InChI is InChI=1S/C12H10ClN3O2/c1-8(17)14-9-4-2-3-5-10(9)18-12-7-6-11(13)15-16-12/h2-7H,1H3,(H,14,17). The molecule has 0 fully saturated rings. The SMILES string of the molecule is CC(=O)Nc1ccccc1Oc1ccc(Cl)nn1. The van der Waals surface area contributed by atoms with E-state index in [1.54, 1.807) is 36.4 Å². The summed E-state index contributed by atoms with van der Waals surface area (Å²) >= 11 is 5.63.